The summed E-state index contributed by atoms with van der Waals surface area (Å²) in [6.07, 6.45) is -2.36. The molecule has 0 radical (unpaired) electrons. The van der Waals surface area contributed by atoms with Crippen LogP contribution in [0.25, 0.3) is 22.2 Å². The van der Waals surface area contributed by atoms with E-state index in [1.165, 1.54) is 0 Å². The van der Waals surface area contributed by atoms with E-state index in [-0.39, 0.29) is 10.5 Å². The Bertz CT molecular complexity index is 932. The van der Waals surface area contributed by atoms with E-state index in [0.717, 1.165) is 30.0 Å². The van der Waals surface area contributed by atoms with Gasteiger partial charge >= 0.3 is 6.18 Å². The maximum Gasteiger partial charge on any atom is 0.418 e. The zero-order chi connectivity index (χ0) is 18.9. The Morgan fingerprint density at radius 2 is 1.77 bits per heavy atom. The lowest BCUT2D eigenvalue weighted by molar-refractivity contribution is -0.136. The van der Waals surface area contributed by atoms with Crippen molar-refractivity contribution in [1.82, 2.24) is 4.98 Å². The number of alkyl halides is 3. The molecule has 3 aromatic rings. The first kappa shape index (κ1) is 19.1. The number of aromatic nitrogens is 1. The van der Waals surface area contributed by atoms with Crippen LogP contribution in [-0.4, -0.2) is 11.5 Å². The number of unbranched alkanes of at least 4 members (excludes halogenated alkanes) is 1. The summed E-state index contributed by atoms with van der Waals surface area (Å²) in [6.45, 7) is 0.531. The molecule has 1 heterocycles. The summed E-state index contributed by atoms with van der Waals surface area (Å²) in [6, 6.07) is 9.57. The summed E-state index contributed by atoms with van der Waals surface area (Å²) < 4.78 is 40.5. The maximum atomic E-state index is 13.5. The molecule has 7 heteroatoms. The summed E-state index contributed by atoms with van der Waals surface area (Å²) in [5.41, 5.74) is 6.99. The SMILES string of the molecule is NCCCCc1c(-c2cccc(Cl)c2)[nH]c2c(C(F)(F)F)cc(Cl)cc12. The number of fused-ring (bicyclic) bond motifs is 1. The molecule has 0 aliphatic heterocycles. The standard InChI is InChI=1S/C19H17Cl2F3N2/c20-12-5-3-4-11(8-12)17-14(6-1-2-7-25)15-9-13(21)10-16(18(15)26-17)19(22,23)24/h3-5,8-10,26H,1-2,6-7,25H2. The summed E-state index contributed by atoms with van der Waals surface area (Å²) >= 11 is 12.1. The number of H-pyrrole nitrogens is 1. The van der Waals surface area contributed by atoms with Gasteiger partial charge in [0.25, 0.3) is 0 Å². The van der Waals surface area contributed by atoms with Crippen molar-refractivity contribution in [3.63, 3.8) is 0 Å². The van der Waals surface area contributed by atoms with E-state index < -0.39 is 11.7 Å². The molecule has 0 bridgehead atoms. The fraction of sp³-hybridized carbons (Fsp3) is 0.263. The Morgan fingerprint density at radius 1 is 1.00 bits per heavy atom. The first-order valence-corrected chi connectivity index (χ1v) is 8.94. The van der Waals surface area contributed by atoms with Crippen LogP contribution in [0.5, 0.6) is 0 Å². The molecular formula is C19H17Cl2F3N2. The Balaban J connectivity index is 2.27. The predicted molar refractivity (Wildman–Crippen MR) is 101 cm³/mol. The summed E-state index contributed by atoms with van der Waals surface area (Å²) in [5.74, 6) is 0. The Hall–Kier alpha value is -1.69. The van der Waals surface area contributed by atoms with Gasteiger partial charge in [-0.3, -0.25) is 0 Å². The fourth-order valence-electron chi connectivity index (χ4n) is 3.13. The molecular weight excluding hydrogens is 384 g/mol. The number of nitrogens with one attached hydrogen (secondary N) is 1. The average molecular weight is 401 g/mol. The van der Waals surface area contributed by atoms with Gasteiger partial charge in [0.2, 0.25) is 0 Å². The largest absolute Gasteiger partial charge is 0.418 e. The van der Waals surface area contributed by atoms with E-state index in [1.807, 2.05) is 6.07 Å². The lowest BCUT2D eigenvalue weighted by Crippen LogP contribution is -2.05. The molecule has 2 aromatic carbocycles. The number of hydrogen-bond acceptors (Lipinski definition) is 1. The minimum absolute atomic E-state index is 0.0413. The predicted octanol–water partition coefficient (Wildman–Crippen LogP) is 6.44. The Kier molecular flexibility index (Phi) is 5.51. The number of hydrogen-bond donors (Lipinski definition) is 2. The first-order valence-electron chi connectivity index (χ1n) is 8.18. The van der Waals surface area contributed by atoms with Crippen LogP contribution in [0.3, 0.4) is 0 Å². The Morgan fingerprint density at radius 3 is 2.42 bits per heavy atom. The van der Waals surface area contributed by atoms with Gasteiger partial charge in [0.05, 0.1) is 11.1 Å². The summed E-state index contributed by atoms with van der Waals surface area (Å²) in [7, 11) is 0. The number of benzene rings is 2. The summed E-state index contributed by atoms with van der Waals surface area (Å²) in [5, 5.41) is 1.06. The van der Waals surface area contributed by atoms with Gasteiger partial charge in [0, 0.05) is 21.1 Å². The van der Waals surface area contributed by atoms with Gasteiger partial charge in [-0.05, 0) is 61.2 Å². The van der Waals surface area contributed by atoms with E-state index in [0.29, 0.717) is 29.1 Å². The molecule has 1 aromatic heterocycles. The van der Waals surface area contributed by atoms with Crippen LogP contribution < -0.4 is 5.73 Å². The van der Waals surface area contributed by atoms with Crippen molar-refractivity contribution < 1.29 is 13.2 Å². The van der Waals surface area contributed by atoms with Crippen LogP contribution in [0, 0.1) is 0 Å². The quantitative estimate of drug-likeness (QED) is 0.475. The molecule has 0 unspecified atom stereocenters. The van der Waals surface area contributed by atoms with Crippen molar-refractivity contribution >= 4 is 34.1 Å². The van der Waals surface area contributed by atoms with Crippen molar-refractivity contribution in [3.05, 3.63) is 57.6 Å². The third-order valence-corrected chi connectivity index (χ3v) is 4.73. The molecule has 2 nitrogen and oxygen atoms in total. The lowest BCUT2D eigenvalue weighted by Gasteiger charge is -2.09. The van der Waals surface area contributed by atoms with Gasteiger partial charge in [-0.25, -0.2) is 0 Å². The normalized spacial score (nSPS) is 12.1. The smallest absolute Gasteiger partial charge is 0.354 e. The second-order valence-electron chi connectivity index (χ2n) is 6.11. The molecule has 0 aliphatic carbocycles. The molecule has 138 valence electrons. The fourth-order valence-corrected chi connectivity index (χ4v) is 3.54. The van der Waals surface area contributed by atoms with E-state index in [2.05, 4.69) is 4.98 Å². The molecule has 0 aliphatic rings. The molecule has 0 fully saturated rings. The van der Waals surface area contributed by atoms with Gasteiger partial charge < -0.3 is 10.7 Å². The molecule has 0 atom stereocenters. The monoisotopic (exact) mass is 400 g/mol. The van der Waals surface area contributed by atoms with Crippen LogP contribution in [0.1, 0.15) is 24.0 Å². The molecule has 3 rings (SSSR count). The highest BCUT2D eigenvalue weighted by atomic mass is 35.5. The molecule has 26 heavy (non-hydrogen) atoms. The number of aryl methyl sites for hydroxylation is 1. The first-order chi connectivity index (χ1) is 12.3. The van der Waals surface area contributed by atoms with Crippen LogP contribution in [0.15, 0.2) is 36.4 Å². The highest BCUT2D eigenvalue weighted by Gasteiger charge is 2.34. The number of halogens is 5. The van der Waals surface area contributed by atoms with Gasteiger partial charge in [0.15, 0.2) is 0 Å². The second-order valence-corrected chi connectivity index (χ2v) is 6.98. The highest BCUT2D eigenvalue weighted by molar-refractivity contribution is 6.31. The minimum atomic E-state index is -4.51. The molecule has 0 saturated carbocycles. The molecule has 3 N–H and O–H groups in total. The van der Waals surface area contributed by atoms with Crippen LogP contribution >= 0.6 is 23.2 Å². The number of rotatable bonds is 5. The van der Waals surface area contributed by atoms with Gasteiger partial charge in [0.1, 0.15) is 0 Å². The number of nitrogens with two attached hydrogens (primary N) is 1. The van der Waals surface area contributed by atoms with Crippen LogP contribution in [0.2, 0.25) is 10.0 Å². The number of aromatic amines is 1. The average Bonchev–Trinajstić information content (AvgIpc) is 2.92. The van der Waals surface area contributed by atoms with Crippen LogP contribution in [-0.2, 0) is 12.6 Å². The van der Waals surface area contributed by atoms with Crippen molar-refractivity contribution in [2.24, 2.45) is 5.73 Å². The minimum Gasteiger partial charge on any atom is -0.354 e. The molecule has 0 amide bonds. The van der Waals surface area contributed by atoms with Gasteiger partial charge in [-0.1, -0.05) is 35.3 Å². The zero-order valence-electron chi connectivity index (χ0n) is 13.8. The lowest BCUT2D eigenvalue weighted by atomic mass is 9.99. The van der Waals surface area contributed by atoms with Gasteiger partial charge in [-0.2, -0.15) is 13.2 Å². The summed E-state index contributed by atoms with van der Waals surface area (Å²) in [4.78, 5) is 2.97. The molecule has 0 saturated heterocycles. The second kappa shape index (κ2) is 7.51. The van der Waals surface area contributed by atoms with E-state index in [4.69, 9.17) is 28.9 Å². The van der Waals surface area contributed by atoms with Crippen LogP contribution in [0.4, 0.5) is 13.2 Å². The third-order valence-electron chi connectivity index (χ3n) is 4.28. The van der Waals surface area contributed by atoms with Crippen molar-refractivity contribution in [1.29, 1.82) is 0 Å². The van der Waals surface area contributed by atoms with Crippen molar-refractivity contribution in [3.8, 4) is 11.3 Å². The molecule has 0 spiro atoms. The topological polar surface area (TPSA) is 41.8 Å². The maximum absolute atomic E-state index is 13.5. The third kappa shape index (κ3) is 3.85. The van der Waals surface area contributed by atoms with Crippen molar-refractivity contribution in [2.75, 3.05) is 6.54 Å². The van der Waals surface area contributed by atoms with E-state index >= 15 is 0 Å². The van der Waals surface area contributed by atoms with E-state index in [1.54, 1.807) is 24.3 Å². The Labute approximate surface area is 159 Å². The van der Waals surface area contributed by atoms with E-state index in [9.17, 15) is 13.2 Å². The van der Waals surface area contributed by atoms with Gasteiger partial charge in [-0.15, -0.1) is 0 Å². The van der Waals surface area contributed by atoms with Crippen molar-refractivity contribution in [2.45, 2.75) is 25.4 Å². The highest BCUT2D eigenvalue weighted by Crippen LogP contribution is 2.41. The zero-order valence-corrected chi connectivity index (χ0v) is 15.3.